The lowest BCUT2D eigenvalue weighted by molar-refractivity contribution is 0.745. The van der Waals surface area contributed by atoms with Crippen molar-refractivity contribution in [1.29, 1.82) is 0 Å². The van der Waals surface area contributed by atoms with Gasteiger partial charge in [-0.1, -0.05) is 13.8 Å². The van der Waals surface area contributed by atoms with Crippen molar-refractivity contribution < 1.29 is 0 Å². The Hall–Kier alpha value is -2.76. The zero-order valence-corrected chi connectivity index (χ0v) is 13.4. The van der Waals surface area contributed by atoms with Crippen molar-refractivity contribution in [1.82, 2.24) is 24.7 Å². The lowest BCUT2D eigenvalue weighted by atomic mass is 10.2. The minimum absolute atomic E-state index is 0.262. The molecular weight excluding hydrogens is 288 g/mol. The van der Waals surface area contributed by atoms with Crippen LogP contribution >= 0.6 is 0 Å². The molecule has 4 heterocycles. The Balaban J connectivity index is 2.14. The number of hydrogen-bond acceptors (Lipinski definition) is 5. The summed E-state index contributed by atoms with van der Waals surface area (Å²) in [5, 5.41) is 8.89. The van der Waals surface area contributed by atoms with Crippen molar-refractivity contribution in [3.05, 3.63) is 42.5 Å². The smallest absolute Gasteiger partial charge is 0.172 e. The maximum atomic E-state index is 4.62. The first-order valence-electron chi connectivity index (χ1n) is 7.86. The Bertz CT molecular complexity index is 867. The molecule has 3 aromatic rings. The third kappa shape index (κ3) is 1.94. The molecule has 0 saturated heterocycles. The predicted molar refractivity (Wildman–Crippen MR) is 89.2 cm³/mol. The fraction of sp³-hybridized carbons (Fsp3) is 0.294. The Morgan fingerprint density at radius 2 is 1.74 bits per heavy atom. The van der Waals surface area contributed by atoms with E-state index in [1.165, 1.54) is 0 Å². The van der Waals surface area contributed by atoms with Crippen molar-refractivity contribution in [2.24, 2.45) is 0 Å². The molecule has 1 aliphatic heterocycles. The Kier molecular flexibility index (Phi) is 3.11. The van der Waals surface area contributed by atoms with Crippen molar-refractivity contribution in [3.63, 3.8) is 0 Å². The summed E-state index contributed by atoms with van der Waals surface area (Å²) in [7, 11) is 0. The molecule has 0 bridgehead atoms. The summed E-state index contributed by atoms with van der Waals surface area (Å²) in [5.74, 6) is 3.77. The highest BCUT2D eigenvalue weighted by atomic mass is 15.3. The summed E-state index contributed by atoms with van der Waals surface area (Å²) < 4.78 is 2.11. The lowest BCUT2D eigenvalue weighted by Crippen LogP contribution is -2.19. The van der Waals surface area contributed by atoms with E-state index in [2.05, 4.69) is 56.5 Å². The Labute approximate surface area is 134 Å². The van der Waals surface area contributed by atoms with Gasteiger partial charge in [-0.05, 0) is 31.2 Å². The third-order valence-electron chi connectivity index (χ3n) is 4.07. The number of anilines is 2. The molecule has 6 nitrogen and oxygen atoms in total. The molecule has 0 unspecified atom stereocenters. The van der Waals surface area contributed by atoms with Gasteiger partial charge in [0.25, 0.3) is 0 Å². The van der Waals surface area contributed by atoms with E-state index in [9.17, 15) is 0 Å². The van der Waals surface area contributed by atoms with E-state index in [1.807, 2.05) is 24.4 Å². The van der Waals surface area contributed by atoms with Crippen LogP contribution in [-0.2, 0) is 0 Å². The second kappa shape index (κ2) is 5.15. The monoisotopic (exact) mass is 306 g/mol. The van der Waals surface area contributed by atoms with Crippen LogP contribution in [0.5, 0.6) is 0 Å². The number of hydrogen-bond donors (Lipinski definition) is 0. The number of rotatable bonds is 2. The van der Waals surface area contributed by atoms with Gasteiger partial charge >= 0.3 is 0 Å². The van der Waals surface area contributed by atoms with Crippen molar-refractivity contribution in [2.75, 3.05) is 11.4 Å². The summed E-state index contributed by atoms with van der Waals surface area (Å²) in [6.45, 7) is 7.13. The van der Waals surface area contributed by atoms with E-state index in [0.717, 1.165) is 41.1 Å². The van der Waals surface area contributed by atoms with E-state index in [0.29, 0.717) is 0 Å². The molecule has 0 amide bonds. The van der Waals surface area contributed by atoms with E-state index < -0.39 is 0 Å². The van der Waals surface area contributed by atoms with Crippen LogP contribution in [-0.4, -0.2) is 31.3 Å². The minimum Gasteiger partial charge on any atom is -0.309 e. The van der Waals surface area contributed by atoms with Crippen LogP contribution in [0.25, 0.3) is 17.1 Å². The zero-order valence-electron chi connectivity index (χ0n) is 13.4. The molecule has 0 aliphatic carbocycles. The molecule has 0 radical (unpaired) electrons. The largest absolute Gasteiger partial charge is 0.309 e. The third-order valence-corrected chi connectivity index (χ3v) is 4.07. The summed E-state index contributed by atoms with van der Waals surface area (Å²) in [4.78, 5) is 11.3. The number of aromatic nitrogens is 5. The Morgan fingerprint density at radius 3 is 2.48 bits per heavy atom. The molecule has 3 aromatic heterocycles. The van der Waals surface area contributed by atoms with E-state index in [1.54, 1.807) is 6.20 Å². The predicted octanol–water partition coefficient (Wildman–Crippen LogP) is 3.32. The second-order valence-electron chi connectivity index (χ2n) is 5.84. The maximum Gasteiger partial charge on any atom is 0.172 e. The van der Waals surface area contributed by atoms with Gasteiger partial charge in [0.2, 0.25) is 0 Å². The number of pyridine rings is 2. The fourth-order valence-electron chi connectivity index (χ4n) is 3.04. The van der Waals surface area contributed by atoms with Crippen LogP contribution in [0.2, 0.25) is 0 Å². The van der Waals surface area contributed by atoms with Gasteiger partial charge in [0.05, 0.1) is 11.3 Å². The Morgan fingerprint density at radius 1 is 1.00 bits per heavy atom. The van der Waals surface area contributed by atoms with Crippen molar-refractivity contribution in [2.45, 2.75) is 26.7 Å². The second-order valence-corrected chi connectivity index (χ2v) is 5.84. The quantitative estimate of drug-likeness (QED) is 0.727. The molecule has 0 atom stereocenters. The summed E-state index contributed by atoms with van der Waals surface area (Å²) in [6.07, 6.45) is 3.62. The molecular formula is C17H18N6. The average molecular weight is 306 g/mol. The van der Waals surface area contributed by atoms with Gasteiger partial charge in [-0.15, -0.1) is 10.2 Å². The molecule has 1 aliphatic rings. The highest BCUT2D eigenvalue weighted by Gasteiger charge is 2.29. The van der Waals surface area contributed by atoms with Crippen molar-refractivity contribution in [3.8, 4) is 17.1 Å². The van der Waals surface area contributed by atoms with Crippen LogP contribution in [0.1, 0.15) is 32.5 Å². The highest BCUT2D eigenvalue weighted by Crippen LogP contribution is 2.40. The highest BCUT2D eigenvalue weighted by molar-refractivity contribution is 5.82. The van der Waals surface area contributed by atoms with Gasteiger partial charge in [-0.3, -0.25) is 4.57 Å². The number of fused-ring (bicyclic) bond motifs is 5. The van der Waals surface area contributed by atoms with Crippen LogP contribution in [0.4, 0.5) is 11.6 Å². The van der Waals surface area contributed by atoms with E-state index >= 15 is 0 Å². The topological polar surface area (TPSA) is 59.7 Å². The van der Waals surface area contributed by atoms with Crippen molar-refractivity contribution >= 4 is 11.6 Å². The molecule has 0 spiro atoms. The molecule has 0 N–H and O–H groups in total. The molecule has 6 heteroatoms. The first-order chi connectivity index (χ1) is 11.2. The summed E-state index contributed by atoms with van der Waals surface area (Å²) in [5.41, 5.74) is 1.97. The van der Waals surface area contributed by atoms with Gasteiger partial charge in [-0.2, -0.15) is 0 Å². The summed E-state index contributed by atoms with van der Waals surface area (Å²) in [6, 6.07) is 7.99. The fourth-order valence-corrected chi connectivity index (χ4v) is 3.04. The van der Waals surface area contributed by atoms with Crippen LogP contribution in [0, 0.1) is 0 Å². The molecule has 0 aromatic carbocycles. The lowest BCUT2D eigenvalue weighted by Gasteiger charge is -2.22. The SMILES string of the molecule is CCN1c2ncccc2-c2nnc(C(C)C)n2-c2cccnc21. The van der Waals surface area contributed by atoms with E-state index in [4.69, 9.17) is 0 Å². The van der Waals surface area contributed by atoms with E-state index in [-0.39, 0.29) is 5.92 Å². The first-order valence-corrected chi connectivity index (χ1v) is 7.86. The molecule has 0 fully saturated rings. The van der Waals surface area contributed by atoms with Gasteiger partial charge in [0.15, 0.2) is 11.6 Å². The van der Waals surface area contributed by atoms with Crippen LogP contribution in [0.15, 0.2) is 36.7 Å². The van der Waals surface area contributed by atoms with Crippen LogP contribution in [0.3, 0.4) is 0 Å². The minimum atomic E-state index is 0.262. The summed E-state index contributed by atoms with van der Waals surface area (Å²) >= 11 is 0. The van der Waals surface area contributed by atoms with Crippen LogP contribution < -0.4 is 4.90 Å². The molecule has 23 heavy (non-hydrogen) atoms. The van der Waals surface area contributed by atoms with Gasteiger partial charge < -0.3 is 4.90 Å². The zero-order chi connectivity index (χ0) is 16.0. The number of nitrogens with zero attached hydrogens (tertiary/aromatic N) is 6. The standard InChI is InChI=1S/C17H18N6/c1-4-22-15-12(7-5-9-18-15)16-21-20-14(11(2)3)23(16)13-8-6-10-19-17(13)22/h5-11H,4H2,1-3H3. The first kappa shape index (κ1) is 13.9. The van der Waals surface area contributed by atoms with Gasteiger partial charge in [0, 0.05) is 24.9 Å². The maximum absolute atomic E-state index is 4.62. The normalized spacial score (nSPS) is 12.6. The molecule has 4 rings (SSSR count). The van der Waals surface area contributed by atoms with Gasteiger partial charge in [0.1, 0.15) is 11.6 Å². The van der Waals surface area contributed by atoms with Gasteiger partial charge in [-0.25, -0.2) is 9.97 Å². The average Bonchev–Trinajstić information content (AvgIpc) is 2.97. The molecule has 0 saturated carbocycles. The molecule has 116 valence electrons.